The molecule has 4 rings (SSSR count). The summed E-state index contributed by atoms with van der Waals surface area (Å²) in [6.45, 7) is 5.04. The van der Waals surface area contributed by atoms with Crippen LogP contribution in [-0.4, -0.2) is 62.7 Å². The lowest BCUT2D eigenvalue weighted by Gasteiger charge is -2.29. The van der Waals surface area contributed by atoms with Crippen LogP contribution in [0.2, 0.25) is 0 Å². The molecule has 9 heteroatoms. The molecule has 0 atom stereocenters. The van der Waals surface area contributed by atoms with Crippen LogP contribution in [0.4, 0.5) is 5.82 Å². The summed E-state index contributed by atoms with van der Waals surface area (Å²) in [6.07, 6.45) is 4.03. The highest BCUT2D eigenvalue weighted by Gasteiger charge is 2.32. The zero-order valence-corrected chi connectivity index (χ0v) is 20.7. The van der Waals surface area contributed by atoms with Gasteiger partial charge in [-0.05, 0) is 81.9 Å². The molecule has 0 bridgehead atoms. The number of rotatable bonds is 6. The summed E-state index contributed by atoms with van der Waals surface area (Å²) in [7, 11) is -1.53. The molecule has 34 heavy (non-hydrogen) atoms. The number of likely N-dealkylation sites (tertiary alicyclic amines) is 1. The Morgan fingerprint density at radius 2 is 1.82 bits per heavy atom. The van der Waals surface area contributed by atoms with Crippen LogP contribution in [0.1, 0.15) is 36.8 Å². The molecule has 3 heterocycles. The zero-order chi connectivity index (χ0) is 24.5. The second-order valence-electron chi connectivity index (χ2n) is 9.49. The van der Waals surface area contributed by atoms with Gasteiger partial charge in [0.05, 0.1) is 10.1 Å². The number of ether oxygens (including phenoxy) is 1. The molecule has 0 saturated carbocycles. The number of nitrogens with zero attached hydrogens (tertiary/aromatic N) is 2. The van der Waals surface area contributed by atoms with Gasteiger partial charge in [0.2, 0.25) is 0 Å². The predicted octanol–water partition coefficient (Wildman–Crippen LogP) is 2.70. The fourth-order valence-corrected chi connectivity index (χ4v) is 7.06. The van der Waals surface area contributed by atoms with Crippen molar-refractivity contribution < 1.29 is 13.2 Å². The van der Waals surface area contributed by atoms with Crippen LogP contribution in [0.15, 0.2) is 34.0 Å². The Morgan fingerprint density at radius 1 is 1.15 bits per heavy atom. The molecular formula is C25H34N4O4S. The Balaban J connectivity index is 1.78. The number of nitrogens with two attached hydrogens (primary N) is 1. The summed E-state index contributed by atoms with van der Waals surface area (Å²) in [5.74, 6) is 0.530. The van der Waals surface area contributed by atoms with Crippen molar-refractivity contribution in [3.63, 3.8) is 0 Å². The minimum absolute atomic E-state index is 0.258. The van der Waals surface area contributed by atoms with Crippen molar-refractivity contribution in [3.05, 3.63) is 45.7 Å². The monoisotopic (exact) mass is 486 g/mol. The van der Waals surface area contributed by atoms with Gasteiger partial charge in [-0.25, -0.2) is 8.42 Å². The number of sulfone groups is 1. The molecule has 2 aromatic rings. The van der Waals surface area contributed by atoms with E-state index >= 15 is 0 Å². The average molecular weight is 487 g/mol. The number of nitrogen functional groups attached to an aromatic ring is 1. The maximum Gasteiger partial charge on any atom is 0.260 e. The lowest BCUT2D eigenvalue weighted by atomic mass is 9.98. The van der Waals surface area contributed by atoms with Gasteiger partial charge in [0.15, 0.2) is 9.84 Å². The van der Waals surface area contributed by atoms with Gasteiger partial charge in [0.1, 0.15) is 5.82 Å². The minimum atomic E-state index is -3.54. The molecule has 0 radical (unpaired) electrons. The fourth-order valence-electron chi connectivity index (χ4n) is 5.07. The van der Waals surface area contributed by atoms with Gasteiger partial charge in [0, 0.05) is 37.1 Å². The van der Waals surface area contributed by atoms with E-state index in [1.54, 1.807) is 35.8 Å². The topological polar surface area (TPSA) is 118 Å². The van der Waals surface area contributed by atoms with Crippen LogP contribution in [0.5, 0.6) is 0 Å². The fraction of sp³-hybridized carbons (Fsp3) is 0.520. The van der Waals surface area contributed by atoms with E-state index < -0.39 is 15.1 Å². The highest BCUT2D eigenvalue weighted by Crippen LogP contribution is 2.32. The number of pyridine rings is 1. The van der Waals surface area contributed by atoms with Crippen molar-refractivity contribution >= 4 is 21.9 Å². The minimum Gasteiger partial charge on any atom is -0.384 e. The summed E-state index contributed by atoms with van der Waals surface area (Å²) in [4.78, 5) is 16.0. The molecule has 0 aliphatic carbocycles. The number of benzene rings is 1. The summed E-state index contributed by atoms with van der Waals surface area (Å²) in [5.41, 5.74) is 7.99. The number of aromatic nitrogens is 1. The van der Waals surface area contributed by atoms with Gasteiger partial charge in [-0.2, -0.15) is 0 Å². The first-order chi connectivity index (χ1) is 16.2. The van der Waals surface area contributed by atoms with E-state index in [-0.39, 0.29) is 22.2 Å². The van der Waals surface area contributed by atoms with Crippen LogP contribution in [0.3, 0.4) is 0 Å². The maximum atomic E-state index is 13.6. The molecular weight excluding hydrogens is 452 g/mol. The quantitative estimate of drug-likeness (QED) is 0.606. The molecule has 2 aliphatic heterocycles. The molecule has 184 valence electrons. The molecule has 0 spiro atoms. The third-order valence-corrected chi connectivity index (χ3v) is 9.69. The molecule has 2 saturated heterocycles. The number of anilines is 1. The van der Waals surface area contributed by atoms with Gasteiger partial charge >= 0.3 is 0 Å². The Kier molecular flexibility index (Phi) is 7.25. The first-order valence-corrected chi connectivity index (χ1v) is 13.4. The average Bonchev–Trinajstić information content (AvgIpc) is 2.83. The highest BCUT2D eigenvalue weighted by atomic mass is 32.2. The smallest absolute Gasteiger partial charge is 0.260 e. The van der Waals surface area contributed by atoms with E-state index in [9.17, 15) is 13.2 Å². The van der Waals surface area contributed by atoms with Crippen molar-refractivity contribution in [2.45, 2.75) is 49.3 Å². The summed E-state index contributed by atoms with van der Waals surface area (Å²) in [6, 6.07) is 6.73. The molecule has 0 unspecified atom stereocenters. The van der Waals surface area contributed by atoms with Crippen molar-refractivity contribution in [1.82, 2.24) is 9.47 Å². The molecule has 2 aliphatic rings. The Morgan fingerprint density at radius 3 is 2.47 bits per heavy atom. The Bertz CT molecular complexity index is 1220. The number of piperidine rings is 1. The van der Waals surface area contributed by atoms with Crippen molar-refractivity contribution in [1.29, 1.82) is 5.41 Å². The number of hydrogen-bond acceptors (Lipinski definition) is 7. The van der Waals surface area contributed by atoms with E-state index in [2.05, 4.69) is 4.90 Å². The van der Waals surface area contributed by atoms with Crippen molar-refractivity contribution in [2.75, 3.05) is 39.1 Å². The van der Waals surface area contributed by atoms with E-state index in [1.165, 1.54) is 0 Å². The van der Waals surface area contributed by atoms with Gasteiger partial charge < -0.3 is 20.8 Å². The largest absolute Gasteiger partial charge is 0.384 e. The molecule has 2 fully saturated rings. The second kappa shape index (κ2) is 10.0. The Labute approximate surface area is 201 Å². The van der Waals surface area contributed by atoms with Crippen LogP contribution in [-0.2, 0) is 21.1 Å². The SMILES string of the molecule is Cc1c(-c2cc(C=N)c(N)n(CC3CCOCC3)c2=O)cccc1S(=O)(=O)C1CCN(C)CC1. The van der Waals surface area contributed by atoms with Gasteiger partial charge in [0.25, 0.3) is 5.56 Å². The molecule has 1 aromatic heterocycles. The van der Waals surface area contributed by atoms with Crippen molar-refractivity contribution in [2.24, 2.45) is 5.92 Å². The second-order valence-corrected chi connectivity index (χ2v) is 11.7. The van der Waals surface area contributed by atoms with Gasteiger partial charge in [-0.1, -0.05) is 12.1 Å². The summed E-state index contributed by atoms with van der Waals surface area (Å²) in [5, 5.41) is 7.41. The van der Waals surface area contributed by atoms with E-state index in [0.717, 1.165) is 32.1 Å². The van der Waals surface area contributed by atoms with Crippen LogP contribution < -0.4 is 11.3 Å². The molecule has 3 N–H and O–H groups in total. The van der Waals surface area contributed by atoms with Crippen molar-refractivity contribution in [3.8, 4) is 11.1 Å². The molecule has 1 aromatic carbocycles. The van der Waals surface area contributed by atoms with Gasteiger partial charge in [-0.15, -0.1) is 0 Å². The number of hydrogen-bond donors (Lipinski definition) is 2. The lowest BCUT2D eigenvalue weighted by molar-refractivity contribution is 0.0611. The standard InChI is InChI=1S/C25H34N4O4S/c1-17-21(4-3-5-23(17)34(31,32)20-6-10-28(2)11-7-20)22-14-19(15-26)24(27)29(25(22)30)16-18-8-12-33-13-9-18/h3-5,14-15,18,20,26H,6-13,16,27H2,1-2H3. The van der Waals surface area contributed by atoms with E-state index in [4.69, 9.17) is 15.9 Å². The van der Waals surface area contributed by atoms with Crippen LogP contribution in [0.25, 0.3) is 11.1 Å². The predicted molar refractivity (Wildman–Crippen MR) is 134 cm³/mol. The third kappa shape index (κ3) is 4.69. The third-order valence-electron chi connectivity index (χ3n) is 7.28. The summed E-state index contributed by atoms with van der Waals surface area (Å²) < 4.78 is 34.0. The van der Waals surface area contributed by atoms with Gasteiger partial charge in [-0.3, -0.25) is 9.36 Å². The van der Waals surface area contributed by atoms with Crippen LogP contribution >= 0.6 is 0 Å². The van der Waals surface area contributed by atoms with E-state index in [1.807, 2.05) is 7.05 Å². The normalized spacial score (nSPS) is 18.8. The first-order valence-electron chi connectivity index (χ1n) is 11.9. The molecule has 8 nitrogen and oxygen atoms in total. The summed E-state index contributed by atoms with van der Waals surface area (Å²) >= 11 is 0. The Hall–Kier alpha value is -2.49. The first kappa shape index (κ1) is 24.6. The number of nitrogens with one attached hydrogen (secondary N) is 1. The van der Waals surface area contributed by atoms with E-state index in [0.29, 0.717) is 54.9 Å². The zero-order valence-electron chi connectivity index (χ0n) is 19.9. The lowest BCUT2D eigenvalue weighted by Crippen LogP contribution is -2.37. The molecule has 0 amide bonds. The van der Waals surface area contributed by atoms with Crippen LogP contribution in [0, 0.1) is 18.3 Å². The highest BCUT2D eigenvalue weighted by molar-refractivity contribution is 7.92. The maximum absolute atomic E-state index is 13.6.